The van der Waals surface area contributed by atoms with Crippen molar-refractivity contribution < 1.29 is 14.1 Å². The number of ether oxygens (including phenoxy) is 1. The summed E-state index contributed by atoms with van der Waals surface area (Å²) in [5.41, 5.74) is -0.324. The number of hydrogen-bond donors (Lipinski definition) is 0. The number of nitro benzene ring substituents is 1. The predicted molar refractivity (Wildman–Crippen MR) is 54.6 cm³/mol. The van der Waals surface area contributed by atoms with E-state index in [1.807, 2.05) is 0 Å². The van der Waals surface area contributed by atoms with E-state index in [-0.39, 0.29) is 28.1 Å². The first-order valence-corrected chi connectivity index (χ1v) is 4.64. The molecule has 0 spiro atoms. The molecular formula is C8H6Cl2FNO3. The highest BCUT2D eigenvalue weighted by molar-refractivity contribution is 6.36. The molecule has 0 N–H and O–H groups in total. The molecule has 4 nitrogen and oxygen atoms in total. The van der Waals surface area contributed by atoms with Crippen molar-refractivity contribution in [1.82, 2.24) is 0 Å². The lowest BCUT2D eigenvalue weighted by Gasteiger charge is -2.06. The van der Waals surface area contributed by atoms with Crippen LogP contribution in [0.5, 0.6) is 5.75 Å². The van der Waals surface area contributed by atoms with Crippen molar-refractivity contribution in [3.8, 4) is 5.75 Å². The Morgan fingerprint density at radius 1 is 1.40 bits per heavy atom. The summed E-state index contributed by atoms with van der Waals surface area (Å²) < 4.78 is 16.7. The van der Waals surface area contributed by atoms with Crippen LogP contribution >= 0.6 is 23.2 Å². The fourth-order valence-electron chi connectivity index (χ4n) is 0.917. The number of benzene rings is 1. The first-order chi connectivity index (χ1) is 7.06. The van der Waals surface area contributed by atoms with E-state index in [2.05, 4.69) is 0 Å². The largest absolute Gasteiger partial charge is 0.489 e. The van der Waals surface area contributed by atoms with Crippen LogP contribution in [-0.4, -0.2) is 18.2 Å². The van der Waals surface area contributed by atoms with Crippen LogP contribution < -0.4 is 4.74 Å². The Balaban J connectivity index is 3.06. The highest BCUT2D eigenvalue weighted by Gasteiger charge is 2.16. The maximum atomic E-state index is 11.8. The third-order valence-electron chi connectivity index (χ3n) is 1.53. The van der Waals surface area contributed by atoms with Gasteiger partial charge in [-0.05, 0) is 6.07 Å². The molecule has 0 unspecified atom stereocenters. The second kappa shape index (κ2) is 5.14. The van der Waals surface area contributed by atoms with Crippen LogP contribution in [0.15, 0.2) is 12.1 Å². The van der Waals surface area contributed by atoms with Crippen molar-refractivity contribution >= 4 is 28.9 Å². The monoisotopic (exact) mass is 253 g/mol. The zero-order chi connectivity index (χ0) is 11.4. The van der Waals surface area contributed by atoms with Crippen LogP contribution in [0.2, 0.25) is 10.0 Å². The van der Waals surface area contributed by atoms with Gasteiger partial charge in [-0.15, -0.1) is 0 Å². The summed E-state index contributed by atoms with van der Waals surface area (Å²) in [7, 11) is 0. The van der Waals surface area contributed by atoms with Gasteiger partial charge in [-0.1, -0.05) is 23.2 Å². The van der Waals surface area contributed by atoms with E-state index >= 15 is 0 Å². The Bertz CT molecular complexity index is 386. The number of alkyl halides is 1. The molecule has 82 valence electrons. The van der Waals surface area contributed by atoms with Crippen molar-refractivity contribution in [2.45, 2.75) is 0 Å². The summed E-state index contributed by atoms with van der Waals surface area (Å²) in [6.45, 7) is -0.911. The number of nitro groups is 1. The Morgan fingerprint density at radius 3 is 2.60 bits per heavy atom. The van der Waals surface area contributed by atoms with Gasteiger partial charge in [-0.3, -0.25) is 10.1 Å². The molecule has 0 amide bonds. The molecule has 0 heterocycles. The summed E-state index contributed by atoms with van der Waals surface area (Å²) in [6, 6.07) is 2.26. The summed E-state index contributed by atoms with van der Waals surface area (Å²) in [5.74, 6) is 0.0467. The first kappa shape index (κ1) is 12.0. The smallest absolute Gasteiger partial charge is 0.291 e. The van der Waals surface area contributed by atoms with Crippen LogP contribution in [0.4, 0.5) is 10.1 Å². The predicted octanol–water partition coefficient (Wildman–Crippen LogP) is 3.25. The van der Waals surface area contributed by atoms with Gasteiger partial charge in [0, 0.05) is 0 Å². The zero-order valence-electron chi connectivity index (χ0n) is 7.37. The maximum Gasteiger partial charge on any atom is 0.291 e. The van der Waals surface area contributed by atoms with Crippen LogP contribution in [0, 0.1) is 10.1 Å². The first-order valence-electron chi connectivity index (χ1n) is 3.88. The third-order valence-corrected chi connectivity index (χ3v) is 2.13. The van der Waals surface area contributed by atoms with Gasteiger partial charge in [0.2, 0.25) is 0 Å². The molecule has 1 aromatic carbocycles. The molecule has 0 fully saturated rings. The van der Waals surface area contributed by atoms with Crippen molar-refractivity contribution in [3.63, 3.8) is 0 Å². The molecule has 0 bridgehead atoms. The number of hydrogen-bond acceptors (Lipinski definition) is 3. The van der Waals surface area contributed by atoms with Crippen LogP contribution in [0.25, 0.3) is 0 Å². The quantitative estimate of drug-likeness (QED) is 0.612. The second-order valence-electron chi connectivity index (χ2n) is 2.53. The molecular weight excluding hydrogens is 248 g/mol. The summed E-state index contributed by atoms with van der Waals surface area (Å²) in [4.78, 5) is 9.84. The summed E-state index contributed by atoms with van der Waals surface area (Å²) in [6.07, 6.45) is 0. The molecule has 0 radical (unpaired) electrons. The minimum atomic E-state index is -0.702. The molecule has 1 aromatic rings. The maximum absolute atomic E-state index is 11.8. The molecule has 0 saturated carbocycles. The average molecular weight is 254 g/mol. The van der Waals surface area contributed by atoms with Crippen LogP contribution in [0.3, 0.4) is 0 Å². The standard InChI is InChI=1S/C8H6Cl2FNO3/c9-5-3-6(10)8(15-2-1-11)4-7(5)12(13)14/h3-4H,1-2H2. The van der Waals surface area contributed by atoms with E-state index in [1.165, 1.54) is 6.07 Å². The Kier molecular flexibility index (Phi) is 4.11. The Hall–Kier alpha value is -1.07. The molecule has 0 aliphatic heterocycles. The van der Waals surface area contributed by atoms with Crippen LogP contribution in [0.1, 0.15) is 0 Å². The third kappa shape index (κ3) is 2.94. The van der Waals surface area contributed by atoms with Crippen molar-refractivity contribution in [2.24, 2.45) is 0 Å². The number of nitrogens with zero attached hydrogens (tertiary/aromatic N) is 1. The van der Waals surface area contributed by atoms with E-state index < -0.39 is 11.6 Å². The lowest BCUT2D eigenvalue weighted by molar-refractivity contribution is -0.384. The highest BCUT2D eigenvalue weighted by atomic mass is 35.5. The fourth-order valence-corrected chi connectivity index (χ4v) is 1.42. The Labute approximate surface area is 94.7 Å². The molecule has 0 aromatic heterocycles. The molecule has 0 atom stereocenters. The van der Waals surface area contributed by atoms with Gasteiger partial charge in [0.1, 0.15) is 24.1 Å². The fraction of sp³-hybridized carbons (Fsp3) is 0.250. The van der Waals surface area contributed by atoms with Crippen molar-refractivity contribution in [1.29, 1.82) is 0 Å². The van der Waals surface area contributed by atoms with Gasteiger partial charge in [-0.2, -0.15) is 0 Å². The number of halogens is 3. The lowest BCUT2D eigenvalue weighted by atomic mass is 10.3. The second-order valence-corrected chi connectivity index (χ2v) is 3.34. The SMILES string of the molecule is O=[N+]([O-])c1cc(OCCF)c(Cl)cc1Cl. The van der Waals surface area contributed by atoms with Gasteiger partial charge in [-0.25, -0.2) is 4.39 Å². The topological polar surface area (TPSA) is 52.4 Å². The van der Waals surface area contributed by atoms with Crippen molar-refractivity contribution in [3.05, 3.63) is 32.3 Å². The summed E-state index contributed by atoms with van der Waals surface area (Å²) >= 11 is 11.3. The lowest BCUT2D eigenvalue weighted by Crippen LogP contribution is -2.00. The molecule has 0 aliphatic rings. The Morgan fingerprint density at radius 2 is 2.07 bits per heavy atom. The van der Waals surface area contributed by atoms with Gasteiger partial charge in [0.25, 0.3) is 5.69 Å². The normalized spacial score (nSPS) is 10.1. The van der Waals surface area contributed by atoms with Crippen molar-refractivity contribution in [2.75, 3.05) is 13.3 Å². The van der Waals surface area contributed by atoms with Gasteiger partial charge >= 0.3 is 0 Å². The average Bonchev–Trinajstić information content (AvgIpc) is 2.16. The molecule has 7 heteroatoms. The van der Waals surface area contributed by atoms with E-state index in [1.54, 1.807) is 0 Å². The van der Waals surface area contributed by atoms with E-state index in [0.717, 1.165) is 6.07 Å². The minimum absolute atomic E-state index is 0.0467. The minimum Gasteiger partial charge on any atom is -0.489 e. The highest BCUT2D eigenvalue weighted by Crippen LogP contribution is 2.35. The van der Waals surface area contributed by atoms with E-state index in [0.29, 0.717) is 0 Å². The summed E-state index contributed by atoms with van der Waals surface area (Å²) in [5, 5.41) is 10.5. The molecule has 1 rings (SSSR count). The van der Waals surface area contributed by atoms with Gasteiger partial charge < -0.3 is 4.74 Å². The number of rotatable bonds is 4. The van der Waals surface area contributed by atoms with E-state index in [9.17, 15) is 14.5 Å². The van der Waals surface area contributed by atoms with Gasteiger partial charge in [0.05, 0.1) is 16.0 Å². The van der Waals surface area contributed by atoms with Crippen LogP contribution in [-0.2, 0) is 0 Å². The zero-order valence-corrected chi connectivity index (χ0v) is 8.89. The molecule has 0 saturated heterocycles. The van der Waals surface area contributed by atoms with E-state index in [4.69, 9.17) is 27.9 Å². The van der Waals surface area contributed by atoms with Gasteiger partial charge in [0.15, 0.2) is 0 Å². The molecule has 0 aliphatic carbocycles. The molecule has 15 heavy (non-hydrogen) atoms.